The quantitative estimate of drug-likeness (QED) is 0.779. The molecule has 0 heterocycles. The second-order valence-corrected chi connectivity index (χ2v) is 5.34. The molecule has 0 amide bonds. The van der Waals surface area contributed by atoms with Crippen LogP contribution >= 0.6 is 27.5 Å². The van der Waals surface area contributed by atoms with Crippen LogP contribution in [0.5, 0.6) is 0 Å². The van der Waals surface area contributed by atoms with Gasteiger partial charge < -0.3 is 5.73 Å². The summed E-state index contributed by atoms with van der Waals surface area (Å²) in [5, 5.41) is 0.143. The number of hydrogen-bond donors (Lipinski definition) is 1. The van der Waals surface area contributed by atoms with Gasteiger partial charge in [0.2, 0.25) is 0 Å². The molecule has 1 saturated carbocycles. The third kappa shape index (κ3) is 1.93. The second kappa shape index (κ2) is 4.04. The van der Waals surface area contributed by atoms with Gasteiger partial charge in [0.1, 0.15) is 5.82 Å². The summed E-state index contributed by atoms with van der Waals surface area (Å²) in [6.07, 6.45) is 3.75. The van der Waals surface area contributed by atoms with Crippen molar-refractivity contribution in [3.63, 3.8) is 0 Å². The molecule has 0 radical (unpaired) electrons. The Morgan fingerprint density at radius 1 is 1.33 bits per heavy atom. The van der Waals surface area contributed by atoms with E-state index in [1.165, 1.54) is 0 Å². The summed E-state index contributed by atoms with van der Waals surface area (Å²) in [5.41, 5.74) is 6.21. The molecule has 82 valence electrons. The van der Waals surface area contributed by atoms with E-state index in [9.17, 15) is 4.39 Å². The van der Waals surface area contributed by atoms with Crippen molar-refractivity contribution in [2.45, 2.75) is 31.2 Å². The fraction of sp³-hybridized carbons (Fsp3) is 0.455. The van der Waals surface area contributed by atoms with Gasteiger partial charge in [-0.2, -0.15) is 0 Å². The zero-order valence-electron chi connectivity index (χ0n) is 8.19. The molecule has 0 aromatic heterocycles. The van der Waals surface area contributed by atoms with Crippen LogP contribution in [0.2, 0.25) is 5.02 Å². The lowest BCUT2D eigenvalue weighted by Crippen LogP contribution is -2.34. The Labute approximate surface area is 102 Å². The number of rotatable bonds is 1. The molecular formula is C11H12BrClFN. The van der Waals surface area contributed by atoms with Gasteiger partial charge in [0, 0.05) is 15.6 Å². The predicted molar refractivity (Wildman–Crippen MR) is 63.4 cm³/mol. The average molecular weight is 293 g/mol. The van der Waals surface area contributed by atoms with Crippen LogP contribution in [0.15, 0.2) is 16.6 Å². The largest absolute Gasteiger partial charge is 0.321 e. The van der Waals surface area contributed by atoms with E-state index in [2.05, 4.69) is 15.9 Å². The Balaban J connectivity index is 2.55. The summed E-state index contributed by atoms with van der Waals surface area (Å²) >= 11 is 9.12. The molecule has 1 aromatic rings. The van der Waals surface area contributed by atoms with Gasteiger partial charge in [0.15, 0.2) is 0 Å². The molecular weight excluding hydrogens is 280 g/mol. The first-order chi connectivity index (χ1) is 7.04. The van der Waals surface area contributed by atoms with Crippen LogP contribution < -0.4 is 5.73 Å². The van der Waals surface area contributed by atoms with Crippen LogP contribution in [0.25, 0.3) is 0 Å². The van der Waals surface area contributed by atoms with Gasteiger partial charge in [-0.25, -0.2) is 4.39 Å². The van der Waals surface area contributed by atoms with Crippen LogP contribution in [0.1, 0.15) is 31.2 Å². The molecule has 1 nitrogen and oxygen atoms in total. The zero-order valence-corrected chi connectivity index (χ0v) is 10.5. The molecule has 15 heavy (non-hydrogen) atoms. The zero-order chi connectivity index (χ0) is 11.1. The lowest BCUT2D eigenvalue weighted by Gasteiger charge is -2.26. The molecule has 0 unspecified atom stereocenters. The highest BCUT2D eigenvalue weighted by Crippen LogP contribution is 2.42. The average Bonchev–Trinajstić information content (AvgIpc) is 2.60. The van der Waals surface area contributed by atoms with E-state index in [0.29, 0.717) is 10.0 Å². The van der Waals surface area contributed by atoms with Crippen LogP contribution in [-0.4, -0.2) is 0 Å². The normalized spacial score (nSPS) is 19.5. The summed E-state index contributed by atoms with van der Waals surface area (Å²) in [4.78, 5) is 0. The summed E-state index contributed by atoms with van der Waals surface area (Å²) in [6, 6.07) is 3.30. The number of nitrogens with two attached hydrogens (primary N) is 1. The topological polar surface area (TPSA) is 26.0 Å². The van der Waals surface area contributed by atoms with Crippen molar-refractivity contribution in [3.8, 4) is 0 Å². The van der Waals surface area contributed by atoms with E-state index < -0.39 is 5.54 Å². The van der Waals surface area contributed by atoms with Crippen LogP contribution in [0, 0.1) is 5.82 Å². The van der Waals surface area contributed by atoms with Crippen molar-refractivity contribution < 1.29 is 4.39 Å². The monoisotopic (exact) mass is 291 g/mol. The highest BCUT2D eigenvalue weighted by molar-refractivity contribution is 9.10. The Bertz CT molecular complexity index is 388. The molecule has 1 aliphatic rings. The minimum atomic E-state index is -0.548. The fourth-order valence-electron chi connectivity index (χ4n) is 2.24. The molecule has 4 heteroatoms. The summed E-state index contributed by atoms with van der Waals surface area (Å²) in [7, 11) is 0. The Morgan fingerprint density at radius 3 is 2.53 bits per heavy atom. The van der Waals surface area contributed by atoms with Gasteiger partial charge in [-0.05, 0) is 25.0 Å². The fourth-order valence-corrected chi connectivity index (χ4v) is 3.10. The molecule has 0 saturated heterocycles. The summed E-state index contributed by atoms with van der Waals surface area (Å²) in [6.45, 7) is 0. The first-order valence-corrected chi connectivity index (χ1v) is 6.14. The van der Waals surface area contributed by atoms with Crippen molar-refractivity contribution in [1.29, 1.82) is 0 Å². The van der Waals surface area contributed by atoms with Crippen molar-refractivity contribution in [1.82, 2.24) is 0 Å². The van der Waals surface area contributed by atoms with Gasteiger partial charge in [0.25, 0.3) is 0 Å². The lowest BCUT2D eigenvalue weighted by atomic mass is 9.89. The van der Waals surface area contributed by atoms with E-state index in [-0.39, 0.29) is 10.8 Å². The number of benzene rings is 1. The van der Waals surface area contributed by atoms with Gasteiger partial charge in [-0.1, -0.05) is 40.4 Å². The maximum absolute atomic E-state index is 13.9. The third-order valence-electron chi connectivity index (χ3n) is 3.04. The van der Waals surface area contributed by atoms with E-state index in [1.54, 1.807) is 12.1 Å². The standard InChI is InChI=1S/C11H12BrClFN/c12-7-3-4-8(13)10(14)9(7)11(15)5-1-2-6-11/h3-4H,1-2,5-6,15H2. The predicted octanol–water partition coefficient (Wildman–Crippen LogP) is 3.97. The maximum atomic E-state index is 13.9. The minimum absolute atomic E-state index is 0.143. The Hall–Kier alpha value is -0.120. The highest BCUT2D eigenvalue weighted by Gasteiger charge is 2.35. The van der Waals surface area contributed by atoms with Crippen molar-refractivity contribution in [2.24, 2.45) is 5.73 Å². The molecule has 0 spiro atoms. The van der Waals surface area contributed by atoms with E-state index >= 15 is 0 Å². The molecule has 1 fully saturated rings. The summed E-state index contributed by atoms with van der Waals surface area (Å²) < 4.78 is 14.6. The Morgan fingerprint density at radius 2 is 1.93 bits per heavy atom. The molecule has 1 aromatic carbocycles. The maximum Gasteiger partial charge on any atom is 0.147 e. The Kier molecular flexibility index (Phi) is 3.06. The third-order valence-corrected chi connectivity index (χ3v) is 3.99. The molecule has 0 atom stereocenters. The summed E-state index contributed by atoms with van der Waals surface area (Å²) in [5.74, 6) is -0.379. The van der Waals surface area contributed by atoms with Gasteiger partial charge >= 0.3 is 0 Å². The van der Waals surface area contributed by atoms with Crippen molar-refractivity contribution >= 4 is 27.5 Å². The molecule has 0 bridgehead atoms. The van der Waals surface area contributed by atoms with Gasteiger partial charge in [-0.15, -0.1) is 0 Å². The van der Waals surface area contributed by atoms with Gasteiger partial charge in [0.05, 0.1) is 5.02 Å². The minimum Gasteiger partial charge on any atom is -0.321 e. The van der Waals surface area contributed by atoms with Crippen LogP contribution in [0.3, 0.4) is 0 Å². The SMILES string of the molecule is NC1(c2c(Br)ccc(Cl)c2F)CCCC1. The smallest absolute Gasteiger partial charge is 0.147 e. The van der Waals surface area contributed by atoms with Crippen LogP contribution in [0.4, 0.5) is 4.39 Å². The first-order valence-electron chi connectivity index (χ1n) is 4.97. The van der Waals surface area contributed by atoms with Crippen molar-refractivity contribution in [2.75, 3.05) is 0 Å². The van der Waals surface area contributed by atoms with Crippen LogP contribution in [-0.2, 0) is 5.54 Å². The second-order valence-electron chi connectivity index (χ2n) is 4.08. The van der Waals surface area contributed by atoms with E-state index in [4.69, 9.17) is 17.3 Å². The molecule has 2 N–H and O–H groups in total. The molecule has 0 aliphatic heterocycles. The number of halogens is 3. The lowest BCUT2D eigenvalue weighted by molar-refractivity contribution is 0.431. The first kappa shape index (κ1) is 11.4. The molecule has 1 aliphatic carbocycles. The van der Waals surface area contributed by atoms with Crippen molar-refractivity contribution in [3.05, 3.63) is 33.0 Å². The van der Waals surface area contributed by atoms with Gasteiger partial charge in [-0.3, -0.25) is 0 Å². The molecule has 2 rings (SSSR count). The number of hydrogen-bond acceptors (Lipinski definition) is 1. The van der Waals surface area contributed by atoms with E-state index in [1.807, 2.05) is 0 Å². The van der Waals surface area contributed by atoms with E-state index in [0.717, 1.165) is 25.7 Å². The highest BCUT2D eigenvalue weighted by atomic mass is 79.9.